The molecule has 0 radical (unpaired) electrons. The number of nitrogens with zero attached hydrogens (tertiary/aromatic N) is 1. The molecule has 1 aliphatic heterocycles. The zero-order valence-electron chi connectivity index (χ0n) is 16.7. The molecule has 0 unspecified atom stereocenters. The highest BCUT2D eigenvalue weighted by Crippen LogP contribution is 2.30. The van der Waals surface area contributed by atoms with E-state index in [0.717, 1.165) is 64.7 Å². The third-order valence-corrected chi connectivity index (χ3v) is 6.76. The second-order valence-electron chi connectivity index (χ2n) is 7.99. The molecule has 4 rings (SSSR count). The number of amidine groups is 1. The van der Waals surface area contributed by atoms with Crippen molar-refractivity contribution in [2.45, 2.75) is 44.9 Å². The van der Waals surface area contributed by atoms with Crippen molar-refractivity contribution in [3.8, 4) is 5.75 Å². The van der Waals surface area contributed by atoms with Gasteiger partial charge in [0.15, 0.2) is 0 Å². The minimum Gasteiger partial charge on any atom is -0.493 e. The molecule has 2 aromatic rings. The number of halogens is 2. The fourth-order valence-corrected chi connectivity index (χ4v) is 5.00. The zero-order chi connectivity index (χ0) is 20.1. The van der Waals surface area contributed by atoms with Gasteiger partial charge >= 0.3 is 0 Å². The van der Waals surface area contributed by atoms with E-state index in [4.69, 9.17) is 16.3 Å². The van der Waals surface area contributed by atoms with Gasteiger partial charge in [0.2, 0.25) is 0 Å². The topological polar surface area (TPSA) is 33.6 Å². The number of nitrogens with one attached hydrogen (secondary N) is 1. The number of rotatable bonds is 7. The van der Waals surface area contributed by atoms with Crippen molar-refractivity contribution < 1.29 is 4.74 Å². The Morgan fingerprint density at radius 2 is 1.97 bits per heavy atom. The third kappa shape index (κ3) is 5.35. The lowest BCUT2D eigenvalue weighted by molar-refractivity contribution is 0.207. The molecular weight excluding hydrogens is 448 g/mol. The van der Waals surface area contributed by atoms with Crippen LogP contribution in [0, 0.1) is 5.92 Å². The van der Waals surface area contributed by atoms with Crippen LogP contribution in [0.2, 0.25) is 5.02 Å². The van der Waals surface area contributed by atoms with Crippen molar-refractivity contribution in [1.29, 1.82) is 0 Å². The van der Waals surface area contributed by atoms with Crippen molar-refractivity contribution in [2.24, 2.45) is 10.9 Å². The minimum atomic E-state index is 0.696. The summed E-state index contributed by atoms with van der Waals surface area (Å²) in [6, 6.07) is 12.4. The van der Waals surface area contributed by atoms with Crippen LogP contribution in [-0.4, -0.2) is 25.5 Å². The second kappa shape index (κ2) is 9.99. The Bertz CT molecular complexity index is 877. The summed E-state index contributed by atoms with van der Waals surface area (Å²) in [5.41, 5.74) is 3.50. The van der Waals surface area contributed by atoms with Crippen LogP contribution in [0.1, 0.15) is 48.8 Å². The standard InChI is InChI=1S/C24H28BrClN2O/c25-19-10-12-23(29-16-17-5-2-1-3-6-17)18(15-19)9-11-20-21(7-4-8-22(20)26)24-27-13-14-28-24/h4,7-8,10,12,15,17H,1-3,5-6,9,11,13-14,16H2,(H,27,28). The van der Waals surface area contributed by atoms with Gasteiger partial charge in [-0.25, -0.2) is 0 Å². The van der Waals surface area contributed by atoms with E-state index < -0.39 is 0 Å². The van der Waals surface area contributed by atoms with Crippen molar-refractivity contribution in [3.63, 3.8) is 0 Å². The lowest BCUT2D eigenvalue weighted by Gasteiger charge is -2.22. The summed E-state index contributed by atoms with van der Waals surface area (Å²) < 4.78 is 7.37. The fraction of sp³-hybridized carbons (Fsp3) is 0.458. The van der Waals surface area contributed by atoms with E-state index in [-0.39, 0.29) is 0 Å². The highest BCUT2D eigenvalue weighted by Gasteiger charge is 2.17. The molecular formula is C24H28BrClN2O. The van der Waals surface area contributed by atoms with Crippen LogP contribution in [0.15, 0.2) is 45.9 Å². The van der Waals surface area contributed by atoms with E-state index in [1.165, 1.54) is 37.7 Å². The number of aliphatic imine (C=N–C) groups is 1. The summed E-state index contributed by atoms with van der Waals surface area (Å²) in [7, 11) is 0. The summed E-state index contributed by atoms with van der Waals surface area (Å²) in [6.45, 7) is 2.55. The molecule has 1 fully saturated rings. The Labute approximate surface area is 187 Å². The number of hydrogen-bond acceptors (Lipinski definition) is 3. The summed E-state index contributed by atoms with van der Waals surface area (Å²) in [4.78, 5) is 4.59. The summed E-state index contributed by atoms with van der Waals surface area (Å²) in [5, 5.41) is 4.18. The maximum absolute atomic E-state index is 6.58. The first-order chi connectivity index (χ1) is 14.2. The van der Waals surface area contributed by atoms with E-state index in [2.05, 4.69) is 50.5 Å². The fourth-order valence-electron chi connectivity index (χ4n) is 4.32. The molecule has 0 saturated heterocycles. The molecule has 0 atom stereocenters. The van der Waals surface area contributed by atoms with Crippen LogP contribution < -0.4 is 10.1 Å². The minimum absolute atomic E-state index is 0.696. The average molecular weight is 476 g/mol. The Morgan fingerprint density at radius 3 is 2.76 bits per heavy atom. The summed E-state index contributed by atoms with van der Waals surface area (Å²) in [5.74, 6) is 2.66. The quantitative estimate of drug-likeness (QED) is 0.517. The van der Waals surface area contributed by atoms with E-state index in [0.29, 0.717) is 5.92 Å². The first-order valence-electron chi connectivity index (χ1n) is 10.7. The van der Waals surface area contributed by atoms with Crippen LogP contribution in [0.3, 0.4) is 0 Å². The Balaban J connectivity index is 1.49. The Hall–Kier alpha value is -1.52. The molecule has 2 aromatic carbocycles. The monoisotopic (exact) mass is 474 g/mol. The molecule has 29 heavy (non-hydrogen) atoms. The largest absolute Gasteiger partial charge is 0.493 e. The maximum Gasteiger partial charge on any atom is 0.128 e. The van der Waals surface area contributed by atoms with Crippen LogP contribution in [0.4, 0.5) is 0 Å². The maximum atomic E-state index is 6.58. The van der Waals surface area contributed by atoms with Crippen LogP contribution in [0.25, 0.3) is 0 Å². The van der Waals surface area contributed by atoms with Crippen molar-refractivity contribution in [1.82, 2.24) is 5.32 Å². The third-order valence-electron chi connectivity index (χ3n) is 5.91. The number of hydrogen-bond donors (Lipinski definition) is 1. The van der Waals surface area contributed by atoms with Crippen molar-refractivity contribution in [2.75, 3.05) is 19.7 Å². The van der Waals surface area contributed by atoms with Crippen molar-refractivity contribution >= 4 is 33.4 Å². The molecule has 0 bridgehead atoms. The normalized spacial score (nSPS) is 17.1. The Morgan fingerprint density at radius 1 is 1.10 bits per heavy atom. The van der Waals surface area contributed by atoms with Crippen molar-refractivity contribution in [3.05, 3.63) is 62.6 Å². The highest BCUT2D eigenvalue weighted by molar-refractivity contribution is 9.10. The molecule has 0 amide bonds. The summed E-state index contributed by atoms with van der Waals surface area (Å²) >= 11 is 10.2. The highest BCUT2D eigenvalue weighted by atomic mass is 79.9. The number of benzene rings is 2. The van der Waals surface area contributed by atoms with Crippen LogP contribution in [-0.2, 0) is 12.8 Å². The van der Waals surface area contributed by atoms with Gasteiger partial charge < -0.3 is 10.1 Å². The molecule has 154 valence electrons. The first-order valence-corrected chi connectivity index (χ1v) is 11.8. The number of aryl methyl sites for hydroxylation is 1. The smallest absolute Gasteiger partial charge is 0.128 e. The zero-order valence-corrected chi connectivity index (χ0v) is 19.1. The number of ether oxygens (including phenoxy) is 1. The van der Waals surface area contributed by atoms with E-state index in [1.807, 2.05) is 12.1 Å². The van der Waals surface area contributed by atoms with Gasteiger partial charge in [0.1, 0.15) is 11.6 Å². The van der Waals surface area contributed by atoms with Gasteiger partial charge in [-0.3, -0.25) is 4.99 Å². The molecule has 3 nitrogen and oxygen atoms in total. The predicted octanol–water partition coefficient (Wildman–Crippen LogP) is 6.20. The second-order valence-corrected chi connectivity index (χ2v) is 9.31. The van der Waals surface area contributed by atoms with E-state index >= 15 is 0 Å². The molecule has 2 aliphatic rings. The van der Waals surface area contributed by atoms with Gasteiger partial charge in [0.25, 0.3) is 0 Å². The molecule has 0 aromatic heterocycles. The van der Waals surface area contributed by atoms with Gasteiger partial charge in [0.05, 0.1) is 13.2 Å². The van der Waals surface area contributed by atoms with E-state index in [1.54, 1.807) is 0 Å². The molecule has 1 saturated carbocycles. The molecule has 0 spiro atoms. The predicted molar refractivity (Wildman–Crippen MR) is 124 cm³/mol. The molecule has 5 heteroatoms. The Kier molecular flexibility index (Phi) is 7.15. The van der Waals surface area contributed by atoms with Gasteiger partial charge in [0, 0.05) is 21.6 Å². The van der Waals surface area contributed by atoms with E-state index in [9.17, 15) is 0 Å². The lowest BCUT2D eigenvalue weighted by atomic mass is 9.90. The van der Waals surface area contributed by atoms with Gasteiger partial charge in [-0.05, 0) is 67.0 Å². The average Bonchev–Trinajstić information content (AvgIpc) is 3.27. The first kappa shape index (κ1) is 20.7. The lowest BCUT2D eigenvalue weighted by Crippen LogP contribution is -2.21. The van der Waals surface area contributed by atoms with Gasteiger partial charge in [-0.15, -0.1) is 0 Å². The van der Waals surface area contributed by atoms with Gasteiger partial charge in [-0.2, -0.15) is 0 Å². The molecule has 1 N–H and O–H groups in total. The van der Waals surface area contributed by atoms with Crippen LogP contribution >= 0.6 is 27.5 Å². The molecule has 1 aliphatic carbocycles. The summed E-state index contributed by atoms with van der Waals surface area (Å²) in [6.07, 6.45) is 8.38. The van der Waals surface area contributed by atoms with Crippen LogP contribution in [0.5, 0.6) is 5.75 Å². The van der Waals surface area contributed by atoms with Gasteiger partial charge in [-0.1, -0.05) is 58.9 Å². The molecule has 1 heterocycles. The SMILES string of the molecule is Clc1cccc(C2=NCCN2)c1CCc1cc(Br)ccc1OCC1CCCCC1.